The van der Waals surface area contributed by atoms with Crippen molar-refractivity contribution in [3.8, 4) is 0 Å². The zero-order valence-electron chi connectivity index (χ0n) is 11.9. The lowest BCUT2D eigenvalue weighted by molar-refractivity contribution is -0.385. The number of rotatable bonds is 7. The van der Waals surface area contributed by atoms with Crippen LogP contribution in [0.4, 0.5) is 5.69 Å². The van der Waals surface area contributed by atoms with E-state index in [1.165, 1.54) is 13.0 Å². The highest BCUT2D eigenvalue weighted by atomic mass is 35.5. The van der Waals surface area contributed by atoms with E-state index in [-0.39, 0.29) is 6.54 Å². The normalized spacial score (nSPS) is 11.6. The Morgan fingerprint density at radius 1 is 1.45 bits per heavy atom. The van der Waals surface area contributed by atoms with E-state index in [0.29, 0.717) is 12.0 Å². The third-order valence-electron chi connectivity index (χ3n) is 2.76. The molecule has 0 aliphatic rings. The molecule has 0 spiro atoms. The summed E-state index contributed by atoms with van der Waals surface area (Å²) in [6, 6.07) is 2.35. The average molecular weight is 351 g/mol. The van der Waals surface area contributed by atoms with Gasteiger partial charge in [0.05, 0.1) is 4.92 Å². The fourth-order valence-corrected chi connectivity index (χ4v) is 3.98. The summed E-state index contributed by atoms with van der Waals surface area (Å²) in [4.78, 5) is 20.5. The van der Waals surface area contributed by atoms with Crippen molar-refractivity contribution in [3.05, 3.63) is 32.8 Å². The van der Waals surface area contributed by atoms with Gasteiger partial charge in [-0.25, -0.2) is 8.42 Å². The molecule has 1 rings (SSSR count). The number of carbonyl (C=O) groups is 1. The van der Waals surface area contributed by atoms with E-state index in [9.17, 15) is 23.3 Å². The van der Waals surface area contributed by atoms with Gasteiger partial charge in [0.25, 0.3) is 5.69 Å². The molecule has 1 aromatic rings. The number of aryl methyl sites for hydroxylation is 1. The smallest absolute Gasteiger partial charge is 0.318 e. The molecule has 122 valence electrons. The van der Waals surface area contributed by atoms with Gasteiger partial charge in [-0.05, 0) is 25.0 Å². The standard InChI is InChI=1S/C12H15ClN2O6S/c1-3-4-14(7-11(16)17)22(20,21)10-6-8(2)5-9(12(10)13)15(18)19/h5-6H,3-4,7H2,1-2H3,(H,16,17). The molecule has 10 heteroatoms. The number of nitrogens with zero attached hydrogens (tertiary/aromatic N) is 2. The van der Waals surface area contributed by atoms with Gasteiger partial charge in [-0.15, -0.1) is 0 Å². The molecule has 0 aliphatic heterocycles. The molecular formula is C12H15ClN2O6S. The lowest BCUT2D eigenvalue weighted by atomic mass is 10.2. The van der Waals surface area contributed by atoms with Crippen LogP contribution in [0.3, 0.4) is 0 Å². The first-order chi connectivity index (χ1) is 10.1. The van der Waals surface area contributed by atoms with Crippen molar-refractivity contribution in [2.45, 2.75) is 25.2 Å². The van der Waals surface area contributed by atoms with Crippen molar-refractivity contribution in [1.29, 1.82) is 0 Å². The molecule has 8 nitrogen and oxygen atoms in total. The maximum absolute atomic E-state index is 12.6. The summed E-state index contributed by atoms with van der Waals surface area (Å²) < 4.78 is 25.9. The summed E-state index contributed by atoms with van der Waals surface area (Å²) >= 11 is 5.85. The van der Waals surface area contributed by atoms with Crippen molar-refractivity contribution in [1.82, 2.24) is 4.31 Å². The van der Waals surface area contributed by atoms with Crippen LogP contribution in [0.5, 0.6) is 0 Å². The van der Waals surface area contributed by atoms with Crippen molar-refractivity contribution >= 4 is 33.3 Å². The Bertz CT molecular complexity index is 704. The lowest BCUT2D eigenvalue weighted by Gasteiger charge is -2.20. The number of halogens is 1. The van der Waals surface area contributed by atoms with Crippen molar-refractivity contribution in [2.75, 3.05) is 13.1 Å². The summed E-state index contributed by atoms with van der Waals surface area (Å²) in [6.45, 7) is 2.40. The average Bonchev–Trinajstić information content (AvgIpc) is 2.39. The molecule has 0 aliphatic carbocycles. The van der Waals surface area contributed by atoms with E-state index >= 15 is 0 Å². The van der Waals surface area contributed by atoms with Gasteiger partial charge in [-0.3, -0.25) is 14.9 Å². The van der Waals surface area contributed by atoms with Gasteiger partial charge in [0.2, 0.25) is 10.0 Å². The molecule has 1 aromatic carbocycles. The number of aliphatic carboxylic acids is 1. The second-order valence-corrected chi connectivity index (χ2v) is 6.87. The fourth-order valence-electron chi connectivity index (χ4n) is 1.86. The maximum atomic E-state index is 12.6. The summed E-state index contributed by atoms with van der Waals surface area (Å²) in [5.41, 5.74) is -0.200. The van der Waals surface area contributed by atoms with E-state index in [0.717, 1.165) is 10.4 Å². The number of sulfonamides is 1. The SMILES string of the molecule is CCCN(CC(=O)O)S(=O)(=O)c1cc(C)cc([N+](=O)[O-])c1Cl. The number of hydrogen-bond acceptors (Lipinski definition) is 5. The van der Waals surface area contributed by atoms with Crippen LogP contribution >= 0.6 is 11.6 Å². The minimum Gasteiger partial charge on any atom is -0.480 e. The number of nitro groups is 1. The Labute approximate surface area is 132 Å². The molecule has 0 saturated carbocycles. The van der Waals surface area contributed by atoms with Gasteiger partial charge < -0.3 is 5.11 Å². The van der Waals surface area contributed by atoms with Crippen LogP contribution < -0.4 is 0 Å². The van der Waals surface area contributed by atoms with Gasteiger partial charge in [0, 0.05) is 12.6 Å². The summed E-state index contributed by atoms with van der Waals surface area (Å²) in [6.07, 6.45) is 0.387. The van der Waals surface area contributed by atoms with Crippen molar-refractivity contribution in [2.24, 2.45) is 0 Å². The minimum absolute atomic E-state index is 0.0350. The van der Waals surface area contributed by atoms with Crippen molar-refractivity contribution < 1.29 is 23.2 Å². The number of hydrogen-bond donors (Lipinski definition) is 1. The van der Waals surface area contributed by atoms with Crippen LogP contribution in [-0.4, -0.2) is 41.8 Å². The van der Waals surface area contributed by atoms with Crippen LogP contribution in [-0.2, 0) is 14.8 Å². The number of carboxylic acid groups (broad SMARTS) is 1. The Balaban J connectivity index is 3.49. The van der Waals surface area contributed by atoms with E-state index < -0.39 is 43.1 Å². The van der Waals surface area contributed by atoms with Gasteiger partial charge in [0.1, 0.15) is 16.5 Å². The largest absolute Gasteiger partial charge is 0.480 e. The third-order valence-corrected chi connectivity index (χ3v) is 5.14. The van der Waals surface area contributed by atoms with Gasteiger partial charge in [-0.1, -0.05) is 18.5 Å². The lowest BCUT2D eigenvalue weighted by Crippen LogP contribution is -2.36. The van der Waals surface area contributed by atoms with Gasteiger partial charge in [0.15, 0.2) is 0 Å². The molecule has 22 heavy (non-hydrogen) atoms. The first-order valence-corrected chi connectivity index (χ1v) is 8.09. The van der Waals surface area contributed by atoms with Crippen molar-refractivity contribution in [3.63, 3.8) is 0 Å². The number of nitro benzene ring substituents is 1. The highest BCUT2D eigenvalue weighted by Crippen LogP contribution is 2.34. The Kier molecular flexibility index (Phi) is 5.86. The molecule has 0 unspecified atom stereocenters. The molecule has 0 bridgehead atoms. The predicted molar refractivity (Wildman–Crippen MR) is 79.5 cm³/mol. The molecular weight excluding hydrogens is 336 g/mol. The fraction of sp³-hybridized carbons (Fsp3) is 0.417. The zero-order chi connectivity index (χ0) is 17.1. The van der Waals surface area contributed by atoms with E-state index in [1.54, 1.807) is 6.92 Å². The van der Waals surface area contributed by atoms with Crippen LogP contribution in [0.1, 0.15) is 18.9 Å². The molecule has 0 aromatic heterocycles. The second kappa shape index (κ2) is 7.03. The molecule has 0 fully saturated rings. The van der Waals surface area contributed by atoms with Crippen LogP contribution in [0.15, 0.2) is 17.0 Å². The Morgan fingerprint density at radius 3 is 2.50 bits per heavy atom. The van der Waals surface area contributed by atoms with Gasteiger partial charge >= 0.3 is 5.97 Å². The predicted octanol–water partition coefficient (Wildman–Crippen LogP) is 2.04. The van der Waals surface area contributed by atoms with E-state index in [2.05, 4.69) is 0 Å². The molecule has 0 heterocycles. The molecule has 0 radical (unpaired) electrons. The Hall–Kier alpha value is -1.71. The molecule has 1 N–H and O–H groups in total. The summed E-state index contributed by atoms with van der Waals surface area (Å²) in [7, 11) is -4.25. The van der Waals surface area contributed by atoms with E-state index in [4.69, 9.17) is 16.7 Å². The maximum Gasteiger partial charge on any atom is 0.318 e. The van der Waals surface area contributed by atoms with E-state index in [1.807, 2.05) is 0 Å². The second-order valence-electron chi connectivity index (χ2n) is 4.59. The monoisotopic (exact) mass is 350 g/mol. The van der Waals surface area contributed by atoms with Crippen LogP contribution in [0.25, 0.3) is 0 Å². The number of carboxylic acids is 1. The zero-order valence-corrected chi connectivity index (χ0v) is 13.5. The topological polar surface area (TPSA) is 118 Å². The minimum atomic E-state index is -4.25. The first-order valence-electron chi connectivity index (χ1n) is 6.27. The molecule has 0 amide bonds. The molecule has 0 saturated heterocycles. The van der Waals surface area contributed by atoms with Gasteiger partial charge in [-0.2, -0.15) is 4.31 Å². The summed E-state index contributed by atoms with van der Waals surface area (Å²) in [5.74, 6) is -1.32. The third kappa shape index (κ3) is 3.93. The Morgan fingerprint density at radius 2 is 2.05 bits per heavy atom. The number of benzene rings is 1. The summed E-state index contributed by atoms with van der Waals surface area (Å²) in [5, 5.41) is 19.3. The highest BCUT2D eigenvalue weighted by molar-refractivity contribution is 7.89. The highest BCUT2D eigenvalue weighted by Gasteiger charge is 2.31. The molecule has 0 atom stereocenters. The van der Waals surface area contributed by atoms with Crippen LogP contribution in [0.2, 0.25) is 5.02 Å². The first kappa shape index (κ1) is 18.3. The van der Waals surface area contributed by atoms with Crippen LogP contribution in [0, 0.1) is 17.0 Å². The quantitative estimate of drug-likeness (QED) is 0.593.